The van der Waals surface area contributed by atoms with Gasteiger partial charge in [-0.15, -0.1) is 0 Å². The number of fused-ring (bicyclic) bond motifs is 1. The Morgan fingerprint density at radius 3 is 2.65 bits per heavy atom. The second-order valence-corrected chi connectivity index (χ2v) is 5.69. The standard InChI is InChI=1S/C16H25NO3/c1-16(2,18-3)7-9-17-8-6-13-4-5-14-15(12-13)20-11-10-19-14/h4-5,12,17H,6-11H2,1-3H3. The van der Waals surface area contributed by atoms with Gasteiger partial charge in [0, 0.05) is 7.11 Å². The lowest BCUT2D eigenvalue weighted by Gasteiger charge is -2.22. The summed E-state index contributed by atoms with van der Waals surface area (Å²) in [7, 11) is 1.76. The van der Waals surface area contributed by atoms with Gasteiger partial charge in [0.2, 0.25) is 0 Å². The summed E-state index contributed by atoms with van der Waals surface area (Å²) in [6.07, 6.45) is 1.99. The van der Waals surface area contributed by atoms with E-state index in [2.05, 4.69) is 31.3 Å². The molecule has 1 aromatic carbocycles. The molecule has 0 unspecified atom stereocenters. The molecule has 0 aliphatic carbocycles. The van der Waals surface area contributed by atoms with Crippen LogP contribution in [0.2, 0.25) is 0 Å². The van der Waals surface area contributed by atoms with Gasteiger partial charge in [0.05, 0.1) is 5.60 Å². The first-order valence-electron chi connectivity index (χ1n) is 7.25. The van der Waals surface area contributed by atoms with E-state index in [1.54, 1.807) is 7.11 Å². The zero-order chi connectivity index (χ0) is 14.4. The number of ether oxygens (including phenoxy) is 3. The molecule has 0 aromatic heterocycles. The highest BCUT2D eigenvalue weighted by Gasteiger charge is 2.15. The molecular weight excluding hydrogens is 254 g/mol. The van der Waals surface area contributed by atoms with Gasteiger partial charge in [-0.05, 0) is 57.5 Å². The molecule has 112 valence electrons. The Morgan fingerprint density at radius 2 is 1.90 bits per heavy atom. The average Bonchev–Trinajstić information content (AvgIpc) is 2.46. The molecule has 0 fully saturated rings. The van der Waals surface area contributed by atoms with Crippen molar-refractivity contribution in [2.45, 2.75) is 32.3 Å². The minimum absolute atomic E-state index is 0.0516. The number of hydrogen-bond donors (Lipinski definition) is 1. The predicted octanol–water partition coefficient (Wildman–Crippen LogP) is 2.41. The maximum Gasteiger partial charge on any atom is 0.161 e. The molecule has 0 amide bonds. The minimum Gasteiger partial charge on any atom is -0.486 e. The summed E-state index contributed by atoms with van der Waals surface area (Å²) >= 11 is 0. The summed E-state index contributed by atoms with van der Waals surface area (Å²) < 4.78 is 16.5. The minimum atomic E-state index is -0.0516. The van der Waals surface area contributed by atoms with E-state index in [0.29, 0.717) is 13.2 Å². The average molecular weight is 279 g/mol. The van der Waals surface area contributed by atoms with Gasteiger partial charge in [0.25, 0.3) is 0 Å². The van der Waals surface area contributed by atoms with Gasteiger partial charge >= 0.3 is 0 Å². The normalized spacial score (nSPS) is 14.3. The van der Waals surface area contributed by atoms with E-state index >= 15 is 0 Å². The van der Waals surface area contributed by atoms with Crippen molar-refractivity contribution in [3.8, 4) is 11.5 Å². The fourth-order valence-corrected chi connectivity index (χ4v) is 2.09. The first kappa shape index (κ1) is 15.1. The SMILES string of the molecule is COC(C)(C)CCNCCc1ccc2c(c1)OCCO2. The Morgan fingerprint density at radius 1 is 1.15 bits per heavy atom. The van der Waals surface area contributed by atoms with E-state index in [1.165, 1.54) is 5.56 Å². The molecule has 0 atom stereocenters. The van der Waals surface area contributed by atoms with Crippen molar-refractivity contribution in [2.75, 3.05) is 33.4 Å². The molecule has 4 nitrogen and oxygen atoms in total. The molecule has 0 spiro atoms. The van der Waals surface area contributed by atoms with E-state index in [9.17, 15) is 0 Å². The maximum absolute atomic E-state index is 5.59. The van der Waals surface area contributed by atoms with Crippen molar-refractivity contribution >= 4 is 0 Å². The molecule has 0 bridgehead atoms. The van der Waals surface area contributed by atoms with Gasteiger partial charge in [0.1, 0.15) is 13.2 Å². The summed E-state index contributed by atoms with van der Waals surface area (Å²) in [5.41, 5.74) is 1.22. The van der Waals surface area contributed by atoms with Crippen molar-refractivity contribution in [1.82, 2.24) is 5.32 Å². The van der Waals surface area contributed by atoms with E-state index in [-0.39, 0.29) is 5.60 Å². The number of benzene rings is 1. The van der Waals surface area contributed by atoms with E-state index in [1.807, 2.05) is 6.07 Å². The monoisotopic (exact) mass is 279 g/mol. The fourth-order valence-electron chi connectivity index (χ4n) is 2.09. The highest BCUT2D eigenvalue weighted by Crippen LogP contribution is 2.30. The van der Waals surface area contributed by atoms with Gasteiger partial charge in [0.15, 0.2) is 11.5 Å². The molecule has 1 heterocycles. The second-order valence-electron chi connectivity index (χ2n) is 5.69. The van der Waals surface area contributed by atoms with Crippen LogP contribution < -0.4 is 14.8 Å². The third-order valence-corrected chi connectivity index (χ3v) is 3.65. The number of nitrogens with one attached hydrogen (secondary N) is 1. The summed E-state index contributed by atoms with van der Waals surface area (Å²) in [6.45, 7) is 7.42. The lowest BCUT2D eigenvalue weighted by Crippen LogP contribution is -2.29. The molecule has 0 saturated carbocycles. The third kappa shape index (κ3) is 4.39. The molecule has 0 radical (unpaired) electrons. The first-order chi connectivity index (χ1) is 9.61. The van der Waals surface area contributed by atoms with Crippen LogP contribution in [0, 0.1) is 0 Å². The largest absolute Gasteiger partial charge is 0.486 e. The molecule has 4 heteroatoms. The zero-order valence-corrected chi connectivity index (χ0v) is 12.7. The molecule has 2 rings (SSSR count). The Bertz CT molecular complexity index is 432. The Labute approximate surface area is 121 Å². The van der Waals surface area contributed by atoms with Crippen LogP contribution in [0.5, 0.6) is 11.5 Å². The first-order valence-corrected chi connectivity index (χ1v) is 7.25. The van der Waals surface area contributed by atoms with Crippen LogP contribution in [-0.2, 0) is 11.2 Å². The lowest BCUT2D eigenvalue weighted by atomic mass is 10.1. The van der Waals surface area contributed by atoms with Crippen LogP contribution in [0.4, 0.5) is 0 Å². The summed E-state index contributed by atoms with van der Waals surface area (Å²) in [5, 5.41) is 3.45. The Kier molecular flexibility index (Phi) is 5.26. The van der Waals surface area contributed by atoms with E-state index in [4.69, 9.17) is 14.2 Å². The molecule has 1 aliphatic rings. The van der Waals surface area contributed by atoms with Crippen molar-refractivity contribution in [3.63, 3.8) is 0 Å². The van der Waals surface area contributed by atoms with Crippen molar-refractivity contribution in [3.05, 3.63) is 23.8 Å². The highest BCUT2D eigenvalue weighted by molar-refractivity contribution is 5.43. The van der Waals surface area contributed by atoms with Crippen molar-refractivity contribution < 1.29 is 14.2 Å². The highest BCUT2D eigenvalue weighted by atomic mass is 16.6. The molecule has 1 aliphatic heterocycles. The van der Waals surface area contributed by atoms with E-state index in [0.717, 1.165) is 37.4 Å². The van der Waals surface area contributed by atoms with Gasteiger partial charge in [-0.25, -0.2) is 0 Å². The summed E-state index contributed by atoms with van der Waals surface area (Å²) in [5.74, 6) is 1.73. The van der Waals surface area contributed by atoms with Gasteiger partial charge in [-0.1, -0.05) is 6.07 Å². The molecule has 0 saturated heterocycles. The lowest BCUT2D eigenvalue weighted by molar-refractivity contribution is 0.0159. The van der Waals surface area contributed by atoms with Gasteiger partial charge < -0.3 is 19.5 Å². The van der Waals surface area contributed by atoms with Crippen LogP contribution in [0.1, 0.15) is 25.8 Å². The number of methoxy groups -OCH3 is 1. The van der Waals surface area contributed by atoms with Crippen LogP contribution in [0.15, 0.2) is 18.2 Å². The van der Waals surface area contributed by atoms with Crippen LogP contribution >= 0.6 is 0 Å². The summed E-state index contributed by atoms with van der Waals surface area (Å²) in [6, 6.07) is 6.18. The van der Waals surface area contributed by atoms with Crippen LogP contribution in [-0.4, -0.2) is 39.0 Å². The van der Waals surface area contributed by atoms with Crippen molar-refractivity contribution in [1.29, 1.82) is 0 Å². The zero-order valence-electron chi connectivity index (χ0n) is 12.7. The van der Waals surface area contributed by atoms with Gasteiger partial charge in [-0.2, -0.15) is 0 Å². The van der Waals surface area contributed by atoms with Crippen LogP contribution in [0.25, 0.3) is 0 Å². The smallest absolute Gasteiger partial charge is 0.161 e. The molecule has 1 aromatic rings. The molecular formula is C16H25NO3. The fraction of sp³-hybridized carbons (Fsp3) is 0.625. The second kappa shape index (κ2) is 6.95. The third-order valence-electron chi connectivity index (χ3n) is 3.65. The van der Waals surface area contributed by atoms with Crippen molar-refractivity contribution in [2.24, 2.45) is 0 Å². The maximum atomic E-state index is 5.59. The van der Waals surface area contributed by atoms with Crippen LogP contribution in [0.3, 0.4) is 0 Å². The van der Waals surface area contributed by atoms with E-state index < -0.39 is 0 Å². The molecule has 1 N–H and O–H groups in total. The van der Waals surface area contributed by atoms with Gasteiger partial charge in [-0.3, -0.25) is 0 Å². The topological polar surface area (TPSA) is 39.7 Å². The number of rotatable bonds is 7. The Balaban J connectivity index is 1.72. The quantitative estimate of drug-likeness (QED) is 0.778. The number of hydrogen-bond acceptors (Lipinski definition) is 4. The molecule has 20 heavy (non-hydrogen) atoms. The Hall–Kier alpha value is -1.26. The predicted molar refractivity (Wildman–Crippen MR) is 79.7 cm³/mol. The summed E-state index contributed by atoms with van der Waals surface area (Å²) in [4.78, 5) is 0.